The number of likely N-dealkylation sites (N-methyl/N-ethyl adjacent to an activating group) is 1. The van der Waals surface area contributed by atoms with Gasteiger partial charge < -0.3 is 4.57 Å². The number of benzene rings is 1. The van der Waals surface area contributed by atoms with Crippen LogP contribution < -0.4 is 5.56 Å². The lowest BCUT2D eigenvalue weighted by molar-refractivity contribution is 0.255. The highest BCUT2D eigenvalue weighted by atomic mass is 16.1. The molecule has 3 rings (SSSR count). The lowest BCUT2D eigenvalue weighted by atomic mass is 9.84. The monoisotopic (exact) mass is 325 g/mol. The number of nitrogens with zero attached hydrogens (tertiary/aromatic N) is 5. The van der Waals surface area contributed by atoms with Crippen LogP contribution in [0.5, 0.6) is 0 Å². The van der Waals surface area contributed by atoms with Crippen LogP contribution in [-0.2, 0) is 19.0 Å². The van der Waals surface area contributed by atoms with Gasteiger partial charge in [-0.05, 0) is 12.6 Å². The molecule has 0 saturated carbocycles. The summed E-state index contributed by atoms with van der Waals surface area (Å²) >= 11 is 0. The minimum Gasteiger partial charge on any atom is -0.314 e. The first kappa shape index (κ1) is 16.4. The smallest absolute Gasteiger partial charge is 0.295 e. The molecule has 3 aromatic rings. The summed E-state index contributed by atoms with van der Waals surface area (Å²) in [7, 11) is 3.78. The van der Waals surface area contributed by atoms with Crippen molar-refractivity contribution in [3.05, 3.63) is 64.5 Å². The molecule has 0 N–H and O–H groups in total. The topological polar surface area (TPSA) is 55.4 Å². The van der Waals surface area contributed by atoms with Crippen LogP contribution in [0.15, 0.2) is 47.5 Å². The Morgan fingerprint density at radius 3 is 2.54 bits per heavy atom. The molecule has 1 aromatic carbocycles. The summed E-state index contributed by atoms with van der Waals surface area (Å²) in [6.07, 6.45) is 3.57. The highest BCUT2D eigenvalue weighted by Crippen LogP contribution is 2.24. The van der Waals surface area contributed by atoms with Crippen molar-refractivity contribution in [3.8, 4) is 0 Å². The molecule has 0 spiro atoms. The Bertz CT molecular complexity index is 895. The van der Waals surface area contributed by atoms with Crippen molar-refractivity contribution in [1.29, 1.82) is 0 Å². The zero-order valence-electron chi connectivity index (χ0n) is 14.6. The Morgan fingerprint density at radius 2 is 1.83 bits per heavy atom. The van der Waals surface area contributed by atoms with Crippen molar-refractivity contribution in [1.82, 2.24) is 24.1 Å². The van der Waals surface area contributed by atoms with E-state index in [1.165, 1.54) is 10.1 Å². The van der Waals surface area contributed by atoms with Crippen molar-refractivity contribution in [2.75, 3.05) is 13.6 Å². The van der Waals surface area contributed by atoms with E-state index in [1.54, 1.807) is 17.6 Å². The highest BCUT2D eigenvalue weighted by Gasteiger charge is 2.23. The lowest BCUT2D eigenvalue weighted by Crippen LogP contribution is -2.34. The Balaban J connectivity index is 1.79. The third kappa shape index (κ3) is 3.10. The first-order chi connectivity index (χ1) is 11.4. The predicted molar refractivity (Wildman–Crippen MR) is 94.0 cm³/mol. The minimum atomic E-state index is -0.136. The minimum absolute atomic E-state index is 0.0205. The van der Waals surface area contributed by atoms with Crippen molar-refractivity contribution in [3.63, 3.8) is 0 Å². The molecule has 24 heavy (non-hydrogen) atoms. The summed E-state index contributed by atoms with van der Waals surface area (Å²) in [5.74, 6) is 0.772. The van der Waals surface area contributed by atoms with E-state index in [0.717, 1.165) is 12.4 Å². The maximum absolute atomic E-state index is 12.1. The van der Waals surface area contributed by atoms with Gasteiger partial charge in [-0.25, -0.2) is 0 Å². The summed E-state index contributed by atoms with van der Waals surface area (Å²) in [4.78, 5) is 14.3. The fourth-order valence-electron chi connectivity index (χ4n) is 3.08. The van der Waals surface area contributed by atoms with Gasteiger partial charge in [-0.1, -0.05) is 44.2 Å². The number of hydrogen-bond acceptors (Lipinski definition) is 4. The predicted octanol–water partition coefficient (Wildman–Crippen LogP) is 1.84. The van der Waals surface area contributed by atoms with E-state index >= 15 is 0 Å². The van der Waals surface area contributed by atoms with Gasteiger partial charge in [-0.3, -0.25) is 14.1 Å². The Kier molecular flexibility index (Phi) is 4.24. The molecule has 0 unspecified atom stereocenters. The molecule has 0 aliphatic heterocycles. The van der Waals surface area contributed by atoms with E-state index in [4.69, 9.17) is 0 Å². The molecule has 0 saturated heterocycles. The van der Waals surface area contributed by atoms with Gasteiger partial charge in [0, 0.05) is 31.4 Å². The van der Waals surface area contributed by atoms with Gasteiger partial charge in [0.25, 0.3) is 5.56 Å². The van der Waals surface area contributed by atoms with E-state index < -0.39 is 0 Å². The number of aryl methyl sites for hydroxylation is 1. The lowest BCUT2D eigenvalue weighted by Gasteiger charge is -2.30. The Hall–Kier alpha value is -2.47. The van der Waals surface area contributed by atoms with Gasteiger partial charge in [0.1, 0.15) is 0 Å². The molecule has 0 bridgehead atoms. The first-order valence-corrected chi connectivity index (χ1v) is 8.02. The van der Waals surface area contributed by atoms with Gasteiger partial charge >= 0.3 is 0 Å². The van der Waals surface area contributed by atoms with Crippen LogP contribution in [0.4, 0.5) is 0 Å². The standard InChI is InChI=1S/C18H23N5O/c1-18(2,14-8-6-5-7-9-14)13-21(3)12-15-19-20-16-17(24)22(4)10-11-23(15)16/h5-11H,12-13H2,1-4H3. The molecule has 0 aliphatic carbocycles. The third-order valence-corrected chi connectivity index (χ3v) is 4.35. The number of fused-ring (bicyclic) bond motifs is 1. The quantitative estimate of drug-likeness (QED) is 0.718. The molecule has 0 atom stereocenters. The van der Waals surface area contributed by atoms with Crippen LogP contribution >= 0.6 is 0 Å². The van der Waals surface area contributed by atoms with Gasteiger partial charge in [0.15, 0.2) is 5.82 Å². The Morgan fingerprint density at radius 1 is 1.12 bits per heavy atom. The molecule has 0 aliphatic rings. The molecule has 0 amide bonds. The van der Waals surface area contributed by atoms with E-state index in [-0.39, 0.29) is 11.0 Å². The molecule has 0 fully saturated rings. The van der Waals surface area contributed by atoms with Gasteiger partial charge in [-0.15, -0.1) is 10.2 Å². The molecule has 126 valence electrons. The normalized spacial score (nSPS) is 12.2. The van der Waals surface area contributed by atoms with Crippen molar-refractivity contribution < 1.29 is 0 Å². The average Bonchev–Trinajstić information content (AvgIpc) is 2.95. The summed E-state index contributed by atoms with van der Waals surface area (Å²) in [5, 5.41) is 8.24. The Labute approximate surface area is 141 Å². The fourth-order valence-corrected chi connectivity index (χ4v) is 3.08. The SMILES string of the molecule is CN(Cc1nnc2c(=O)n(C)ccn12)CC(C)(C)c1ccccc1. The summed E-state index contributed by atoms with van der Waals surface area (Å²) in [5.41, 5.74) is 1.55. The third-order valence-electron chi connectivity index (χ3n) is 4.35. The molecule has 2 aromatic heterocycles. The number of aromatic nitrogens is 4. The maximum Gasteiger partial charge on any atom is 0.295 e. The zero-order chi connectivity index (χ0) is 17.3. The molecular formula is C18H23N5O. The summed E-state index contributed by atoms with van der Waals surface area (Å²) < 4.78 is 3.28. The number of hydrogen-bond donors (Lipinski definition) is 0. The second-order valence-electron chi connectivity index (χ2n) is 6.95. The fraction of sp³-hybridized carbons (Fsp3) is 0.389. The molecule has 0 radical (unpaired) electrons. The average molecular weight is 325 g/mol. The largest absolute Gasteiger partial charge is 0.314 e. The van der Waals surface area contributed by atoms with E-state index in [1.807, 2.05) is 12.3 Å². The van der Waals surface area contributed by atoms with Crippen LogP contribution in [0, 0.1) is 0 Å². The summed E-state index contributed by atoms with van der Waals surface area (Å²) in [6, 6.07) is 10.5. The van der Waals surface area contributed by atoms with E-state index in [2.05, 4.69) is 60.3 Å². The molecule has 2 heterocycles. The second kappa shape index (κ2) is 6.20. The van der Waals surface area contributed by atoms with E-state index in [0.29, 0.717) is 12.2 Å². The van der Waals surface area contributed by atoms with Crippen LogP contribution in [0.2, 0.25) is 0 Å². The second-order valence-corrected chi connectivity index (χ2v) is 6.95. The molecule has 6 nitrogen and oxygen atoms in total. The summed E-state index contributed by atoms with van der Waals surface area (Å²) in [6.45, 7) is 5.97. The van der Waals surface area contributed by atoms with Gasteiger partial charge in [0.05, 0.1) is 6.54 Å². The van der Waals surface area contributed by atoms with Gasteiger partial charge in [0.2, 0.25) is 5.65 Å². The molecular weight excluding hydrogens is 302 g/mol. The van der Waals surface area contributed by atoms with Crippen molar-refractivity contribution in [2.24, 2.45) is 7.05 Å². The van der Waals surface area contributed by atoms with Crippen LogP contribution in [0.25, 0.3) is 5.65 Å². The van der Waals surface area contributed by atoms with Crippen molar-refractivity contribution in [2.45, 2.75) is 25.8 Å². The van der Waals surface area contributed by atoms with Crippen LogP contribution in [0.1, 0.15) is 25.2 Å². The number of rotatable bonds is 5. The van der Waals surface area contributed by atoms with Crippen LogP contribution in [-0.4, -0.2) is 37.7 Å². The van der Waals surface area contributed by atoms with Crippen molar-refractivity contribution >= 4 is 5.65 Å². The highest BCUT2D eigenvalue weighted by molar-refractivity contribution is 5.34. The van der Waals surface area contributed by atoms with Gasteiger partial charge in [-0.2, -0.15) is 0 Å². The molecule has 6 heteroatoms. The van der Waals surface area contributed by atoms with E-state index in [9.17, 15) is 4.79 Å². The van der Waals surface area contributed by atoms with Crippen LogP contribution in [0.3, 0.4) is 0 Å². The zero-order valence-corrected chi connectivity index (χ0v) is 14.6. The maximum atomic E-state index is 12.1. The first-order valence-electron chi connectivity index (χ1n) is 8.02.